The fourth-order valence-electron chi connectivity index (χ4n) is 5.03. The zero-order chi connectivity index (χ0) is 28.0. The molecule has 40 heavy (non-hydrogen) atoms. The molecule has 2 saturated heterocycles. The maximum atomic E-state index is 11.5. The number of fused-ring (bicyclic) bond motifs is 1. The Labute approximate surface area is 238 Å². The molecule has 0 spiro atoms. The minimum atomic E-state index is -3.19. The van der Waals surface area contributed by atoms with Gasteiger partial charge in [0.15, 0.2) is 11.0 Å². The first kappa shape index (κ1) is 26.9. The third-order valence-electron chi connectivity index (χ3n) is 7.30. The molecule has 0 amide bonds. The summed E-state index contributed by atoms with van der Waals surface area (Å²) in [7, 11) is -3.19. The van der Waals surface area contributed by atoms with Crippen molar-refractivity contribution in [2.24, 2.45) is 5.92 Å². The van der Waals surface area contributed by atoms with Crippen molar-refractivity contribution >= 4 is 49.7 Å². The average molecular weight is 583 g/mol. The molecule has 0 atom stereocenters. The van der Waals surface area contributed by atoms with Crippen LogP contribution in [-0.4, -0.2) is 72.3 Å². The molecule has 0 radical (unpaired) electrons. The summed E-state index contributed by atoms with van der Waals surface area (Å²) in [6.07, 6.45) is 6.63. The summed E-state index contributed by atoms with van der Waals surface area (Å²) in [5.41, 5.74) is 2.99. The Balaban J connectivity index is 1.24. The molecular formula is C27H31ClN8O3S. The molecule has 4 aromatic rings. The Kier molecular flexibility index (Phi) is 7.11. The van der Waals surface area contributed by atoms with E-state index in [0.29, 0.717) is 53.9 Å². The number of aromatic nitrogens is 5. The van der Waals surface area contributed by atoms with Crippen LogP contribution in [0.1, 0.15) is 31.4 Å². The first-order valence-electron chi connectivity index (χ1n) is 13.2. The van der Waals surface area contributed by atoms with Gasteiger partial charge in [0.25, 0.3) is 0 Å². The van der Waals surface area contributed by atoms with E-state index in [1.165, 1.54) is 11.8 Å². The minimum Gasteiger partial charge on any atom is -0.377 e. The molecule has 2 aliphatic heterocycles. The number of anilines is 3. The smallest absolute Gasteiger partial charge is 0.208 e. The molecule has 2 aliphatic rings. The topological polar surface area (TPSA) is 127 Å². The lowest BCUT2D eigenvalue weighted by molar-refractivity contribution is -0.0286. The molecule has 2 fully saturated rings. The third kappa shape index (κ3) is 5.49. The van der Waals surface area contributed by atoms with Gasteiger partial charge in [-0.25, -0.2) is 28.1 Å². The first-order chi connectivity index (χ1) is 19.1. The number of rotatable bonds is 9. The first-order valence-corrected chi connectivity index (χ1v) is 15.5. The zero-order valence-corrected chi connectivity index (χ0v) is 24.1. The number of ether oxygens (including phenoxy) is 1. The number of hydrogen-bond acceptors (Lipinski definition) is 9. The van der Waals surface area contributed by atoms with Gasteiger partial charge in [-0.1, -0.05) is 31.5 Å². The highest BCUT2D eigenvalue weighted by Crippen LogP contribution is 2.37. The van der Waals surface area contributed by atoms with Crippen molar-refractivity contribution in [3.05, 3.63) is 53.6 Å². The summed E-state index contributed by atoms with van der Waals surface area (Å²) in [5.74, 6) is 2.34. The second kappa shape index (κ2) is 10.6. The molecule has 0 bridgehead atoms. The summed E-state index contributed by atoms with van der Waals surface area (Å²) in [4.78, 5) is 16.1. The summed E-state index contributed by atoms with van der Waals surface area (Å²) in [6.45, 7) is 7.61. The van der Waals surface area contributed by atoms with Crippen LogP contribution < -0.4 is 14.9 Å². The number of hydrogen-bond donors (Lipinski definition) is 2. The van der Waals surface area contributed by atoms with Gasteiger partial charge in [-0.15, -0.1) is 0 Å². The molecule has 2 N–H and O–H groups in total. The van der Waals surface area contributed by atoms with Gasteiger partial charge < -0.3 is 15.0 Å². The summed E-state index contributed by atoms with van der Waals surface area (Å²) < 4.78 is 32.6. The molecule has 210 valence electrons. The average Bonchev–Trinajstić information content (AvgIpc) is 3.21. The fraction of sp³-hybridized carbons (Fsp3) is 0.407. The van der Waals surface area contributed by atoms with E-state index in [1.54, 1.807) is 12.3 Å². The normalized spacial score (nSPS) is 16.4. The van der Waals surface area contributed by atoms with Gasteiger partial charge in [-0.2, -0.15) is 5.10 Å². The number of sulfonamides is 1. The van der Waals surface area contributed by atoms with Crippen LogP contribution in [0.15, 0.2) is 42.9 Å². The molecule has 3 aromatic heterocycles. The molecular weight excluding hydrogens is 552 g/mol. The highest BCUT2D eigenvalue weighted by atomic mass is 35.5. The molecule has 1 aromatic carbocycles. The lowest BCUT2D eigenvalue weighted by Crippen LogP contribution is -2.51. The zero-order valence-electron chi connectivity index (χ0n) is 22.5. The summed E-state index contributed by atoms with van der Waals surface area (Å²) in [6, 6.07) is 8.34. The van der Waals surface area contributed by atoms with E-state index in [1.807, 2.05) is 17.1 Å². The Hall–Kier alpha value is -3.32. The van der Waals surface area contributed by atoms with Crippen LogP contribution in [0.2, 0.25) is 5.15 Å². The lowest BCUT2D eigenvalue weighted by atomic mass is 9.93. The second-order valence-corrected chi connectivity index (χ2v) is 12.9. The Morgan fingerprint density at radius 3 is 2.62 bits per heavy atom. The van der Waals surface area contributed by atoms with E-state index in [2.05, 4.69) is 62.1 Å². The number of benzene rings is 1. The molecule has 13 heteroatoms. The number of halogens is 1. The van der Waals surface area contributed by atoms with Crippen LogP contribution in [0, 0.1) is 5.92 Å². The van der Waals surface area contributed by atoms with Gasteiger partial charge >= 0.3 is 0 Å². The lowest BCUT2D eigenvalue weighted by Gasteiger charge is -2.41. The van der Waals surface area contributed by atoms with E-state index in [-0.39, 0.29) is 12.0 Å². The standard InChI is InChI=1S/C27H31ClN8O3S/c1-16(2)19-4-5-23(35-11-17(12-35)9-31-40(3,37)38)21-10-30-25(8-20(19)21)32-24-6-7-29-27(33-24)22-13-36(34-26(22)28)18-14-39-15-18/h4-8,10,13,16-18,31H,9,11-12,14-15H2,1-3H3,(H,29,30,32,33). The van der Waals surface area contributed by atoms with Gasteiger partial charge in [0.2, 0.25) is 10.0 Å². The maximum Gasteiger partial charge on any atom is 0.208 e. The Morgan fingerprint density at radius 1 is 1.12 bits per heavy atom. The van der Waals surface area contributed by atoms with Crippen LogP contribution in [0.3, 0.4) is 0 Å². The molecule has 5 heterocycles. The number of nitrogens with one attached hydrogen (secondary N) is 2. The van der Waals surface area contributed by atoms with Gasteiger partial charge in [-0.3, -0.25) is 4.68 Å². The van der Waals surface area contributed by atoms with E-state index in [9.17, 15) is 8.42 Å². The predicted octanol–water partition coefficient (Wildman–Crippen LogP) is 3.97. The van der Waals surface area contributed by atoms with Crippen molar-refractivity contribution in [2.75, 3.05) is 49.3 Å². The monoisotopic (exact) mass is 582 g/mol. The van der Waals surface area contributed by atoms with Crippen molar-refractivity contribution in [1.29, 1.82) is 0 Å². The number of nitrogens with zero attached hydrogens (tertiary/aromatic N) is 6. The van der Waals surface area contributed by atoms with Crippen LogP contribution >= 0.6 is 11.6 Å². The van der Waals surface area contributed by atoms with Crippen LogP contribution in [0.4, 0.5) is 17.3 Å². The van der Waals surface area contributed by atoms with E-state index >= 15 is 0 Å². The molecule has 0 aliphatic carbocycles. The molecule has 11 nitrogen and oxygen atoms in total. The quantitative estimate of drug-likeness (QED) is 0.301. The summed E-state index contributed by atoms with van der Waals surface area (Å²) in [5, 5.41) is 10.3. The molecule has 0 unspecified atom stereocenters. The molecule has 6 rings (SSSR count). The predicted molar refractivity (Wildman–Crippen MR) is 156 cm³/mol. The van der Waals surface area contributed by atoms with E-state index in [0.717, 1.165) is 29.5 Å². The van der Waals surface area contributed by atoms with Crippen LogP contribution in [-0.2, 0) is 14.8 Å². The Morgan fingerprint density at radius 2 is 1.93 bits per heavy atom. The highest BCUT2D eigenvalue weighted by molar-refractivity contribution is 7.88. The SMILES string of the molecule is CC(C)c1ccc(N2CC(CNS(C)(=O)=O)C2)c2cnc(Nc3ccnc(-c4cn(C5COC5)nc4Cl)n3)cc12. The largest absolute Gasteiger partial charge is 0.377 e. The van der Waals surface area contributed by atoms with Crippen LogP contribution in [0.25, 0.3) is 22.2 Å². The highest BCUT2D eigenvalue weighted by Gasteiger charge is 2.29. The van der Waals surface area contributed by atoms with Crippen molar-refractivity contribution in [2.45, 2.75) is 25.8 Å². The Bertz CT molecular complexity index is 1670. The third-order valence-corrected chi connectivity index (χ3v) is 8.27. The van der Waals surface area contributed by atoms with Crippen LogP contribution in [0.5, 0.6) is 0 Å². The van der Waals surface area contributed by atoms with Crippen molar-refractivity contribution < 1.29 is 13.2 Å². The van der Waals surface area contributed by atoms with Gasteiger partial charge in [0, 0.05) is 55.2 Å². The van der Waals surface area contributed by atoms with E-state index < -0.39 is 10.0 Å². The van der Waals surface area contributed by atoms with Gasteiger partial charge in [0.1, 0.15) is 11.6 Å². The maximum absolute atomic E-state index is 11.5. The van der Waals surface area contributed by atoms with Gasteiger partial charge in [0.05, 0.1) is 31.1 Å². The molecule has 0 saturated carbocycles. The summed E-state index contributed by atoms with van der Waals surface area (Å²) >= 11 is 6.41. The van der Waals surface area contributed by atoms with Crippen molar-refractivity contribution in [3.8, 4) is 11.4 Å². The van der Waals surface area contributed by atoms with Crippen molar-refractivity contribution in [3.63, 3.8) is 0 Å². The minimum absolute atomic E-state index is 0.181. The van der Waals surface area contributed by atoms with E-state index in [4.69, 9.17) is 21.3 Å². The van der Waals surface area contributed by atoms with Gasteiger partial charge in [-0.05, 0) is 35.1 Å². The fourth-order valence-corrected chi connectivity index (χ4v) is 5.79. The van der Waals surface area contributed by atoms with Crippen molar-refractivity contribution in [1.82, 2.24) is 29.5 Å². The second-order valence-electron chi connectivity index (χ2n) is 10.7. The number of pyridine rings is 1.